The summed E-state index contributed by atoms with van der Waals surface area (Å²) in [6.45, 7) is 10.1. The third-order valence-corrected chi connectivity index (χ3v) is 5.76. The number of nitrogens with two attached hydrogens (primary N) is 2. The number of carboxylic acid groups (broad SMARTS) is 1. The number of nitrogens with one attached hydrogen (secondary N) is 1. The number of rotatable bonds is 12. The summed E-state index contributed by atoms with van der Waals surface area (Å²) in [4.78, 5) is 18.5. The first-order valence-corrected chi connectivity index (χ1v) is 14.7. The van der Waals surface area contributed by atoms with E-state index in [0.29, 0.717) is 12.5 Å². The zero-order valence-electron chi connectivity index (χ0n) is 22.5. The van der Waals surface area contributed by atoms with Crippen molar-refractivity contribution in [1.82, 2.24) is 4.72 Å². The summed E-state index contributed by atoms with van der Waals surface area (Å²) in [5, 5.41) is 24.5. The first-order chi connectivity index (χ1) is 15.5. The number of aliphatic hydroxyl groups is 1. The Morgan fingerprint density at radius 1 is 1.08 bits per heavy atom. The third kappa shape index (κ3) is 70.0. The number of unbranched alkanes of at least 4 members (excludes halogenated alkanes) is 1. The molecule has 8 N–H and O–H groups in total. The van der Waals surface area contributed by atoms with Crippen molar-refractivity contribution in [2.75, 3.05) is 38.2 Å². The Bertz CT molecular complexity index is 683. The number of nitro groups is 1. The molecule has 0 aromatic rings. The maximum atomic E-state index is 11.1. The number of sulfonamides is 1. The standard InChI is InChI=1S/C7H18N2O2S.C4H9NO2.C4H10.C2H4ClNO4S.CH4O.Na.H2O/c1-3-7(2)6-9-12(10,11)5-4-8;1-3(5)2-4(6)7;1-3-4-2;3-9(7,8)2-1-4(5)6;1-2;;/h7,9H,3-6,8H2,1-2H3;3H,2,5H2,1H3,(H,6,7);3-4H2,1-2H3;1-2H2;2H,1H3;;1H2/q;;;;;+1;/p-1. The van der Waals surface area contributed by atoms with Crippen molar-refractivity contribution in [3.8, 4) is 0 Å². The van der Waals surface area contributed by atoms with Gasteiger partial charge in [0.1, 0.15) is 5.75 Å². The molecule has 0 radical (unpaired) electrons. The second kappa shape index (κ2) is 34.9. The van der Waals surface area contributed by atoms with Crippen molar-refractivity contribution < 1.29 is 71.8 Å². The molecule has 0 aliphatic heterocycles. The molecular formula is C18H46ClN4NaO10S2. The van der Waals surface area contributed by atoms with E-state index in [1.54, 1.807) is 6.92 Å². The average molecular weight is 601 g/mol. The fourth-order valence-electron chi connectivity index (χ4n) is 1.10. The minimum atomic E-state index is -3.69. The number of nitrogens with zero attached hydrogens (tertiary/aromatic N) is 1. The number of hydrogen-bond acceptors (Lipinski definition) is 11. The van der Waals surface area contributed by atoms with Crippen LogP contribution in [0, 0.1) is 16.0 Å². The van der Waals surface area contributed by atoms with E-state index in [4.69, 9.17) is 21.7 Å². The molecule has 0 spiro atoms. The minimum absolute atomic E-state index is 0. The molecule has 0 fully saturated rings. The van der Waals surface area contributed by atoms with E-state index in [1.807, 2.05) is 13.8 Å². The first kappa shape index (κ1) is 52.3. The number of aliphatic hydroxyl groups excluding tert-OH is 1. The Morgan fingerprint density at radius 2 is 1.50 bits per heavy atom. The molecule has 0 aliphatic carbocycles. The number of hydrogen-bond donors (Lipinski definition) is 5. The summed E-state index contributed by atoms with van der Waals surface area (Å²) >= 11 is 0. The molecule has 0 amide bonds. The summed E-state index contributed by atoms with van der Waals surface area (Å²) in [7, 11) is -1.16. The van der Waals surface area contributed by atoms with Gasteiger partial charge in [0.2, 0.25) is 25.6 Å². The van der Waals surface area contributed by atoms with Gasteiger partial charge >= 0.3 is 35.5 Å². The van der Waals surface area contributed by atoms with Crippen LogP contribution in [0.1, 0.15) is 60.3 Å². The summed E-state index contributed by atoms with van der Waals surface area (Å²) in [6, 6.07) is -0.225. The minimum Gasteiger partial charge on any atom is -0.870 e. The maximum absolute atomic E-state index is 11.1. The van der Waals surface area contributed by atoms with Gasteiger partial charge in [-0.1, -0.05) is 47.0 Å². The van der Waals surface area contributed by atoms with Gasteiger partial charge in [-0.25, -0.2) is 21.6 Å². The Balaban J connectivity index is -0.0000000629. The van der Waals surface area contributed by atoms with E-state index < -0.39 is 42.3 Å². The van der Waals surface area contributed by atoms with Crippen LogP contribution in [0.15, 0.2) is 0 Å². The normalized spacial score (nSPS) is 11.3. The van der Waals surface area contributed by atoms with Crippen LogP contribution < -0.4 is 45.7 Å². The Kier molecular flexibility index (Phi) is 50.7. The molecule has 36 heavy (non-hydrogen) atoms. The molecule has 18 heteroatoms. The number of carboxylic acids is 1. The van der Waals surface area contributed by atoms with Crippen molar-refractivity contribution in [3.05, 3.63) is 10.1 Å². The summed E-state index contributed by atoms with van der Waals surface area (Å²) in [5.41, 5.74) is 10.2. The van der Waals surface area contributed by atoms with E-state index in [0.717, 1.165) is 13.5 Å². The molecule has 0 saturated carbocycles. The molecule has 0 saturated heterocycles. The molecular weight excluding hydrogens is 555 g/mol. The van der Waals surface area contributed by atoms with Crippen LogP contribution in [-0.2, 0) is 23.9 Å². The fourth-order valence-corrected chi connectivity index (χ4v) is 2.67. The van der Waals surface area contributed by atoms with Gasteiger partial charge in [0, 0.05) is 41.8 Å². The topological polar surface area (TPSA) is 263 Å². The quantitative estimate of drug-likeness (QED) is 0.0690. The van der Waals surface area contributed by atoms with Crippen LogP contribution in [0.5, 0.6) is 0 Å². The second-order valence-electron chi connectivity index (χ2n) is 6.84. The smallest absolute Gasteiger partial charge is 0.870 e. The zero-order chi connectivity index (χ0) is 28.4. The molecule has 0 heterocycles. The second-order valence-corrected chi connectivity index (χ2v) is 11.7. The van der Waals surface area contributed by atoms with Crippen LogP contribution in [0.25, 0.3) is 0 Å². The number of carbonyl (C=O) groups is 1. The summed E-state index contributed by atoms with van der Waals surface area (Å²) < 4.78 is 44.6. The fraction of sp³-hybridized carbons (Fsp3) is 0.944. The molecule has 14 nitrogen and oxygen atoms in total. The largest absolute Gasteiger partial charge is 1.00 e. The van der Waals surface area contributed by atoms with E-state index in [-0.39, 0.29) is 59.8 Å². The van der Waals surface area contributed by atoms with Crippen LogP contribution in [0.3, 0.4) is 0 Å². The Labute approximate surface area is 243 Å². The van der Waals surface area contributed by atoms with Crippen molar-refractivity contribution in [3.63, 3.8) is 0 Å². The molecule has 0 aromatic carbocycles. The van der Waals surface area contributed by atoms with Gasteiger partial charge in [-0.15, -0.1) is 0 Å². The predicted octanol–water partition coefficient (Wildman–Crippen LogP) is -2.21. The Morgan fingerprint density at radius 3 is 1.67 bits per heavy atom. The first-order valence-electron chi connectivity index (χ1n) is 10.6. The van der Waals surface area contributed by atoms with Gasteiger partial charge in [-0.2, -0.15) is 0 Å². The van der Waals surface area contributed by atoms with Crippen LogP contribution >= 0.6 is 10.7 Å². The molecule has 218 valence electrons. The van der Waals surface area contributed by atoms with E-state index in [1.165, 1.54) is 12.8 Å². The average Bonchev–Trinajstić information content (AvgIpc) is 2.71. The van der Waals surface area contributed by atoms with Crippen LogP contribution in [0.4, 0.5) is 0 Å². The number of aliphatic carboxylic acids is 1. The molecule has 0 aromatic heterocycles. The van der Waals surface area contributed by atoms with E-state index in [9.17, 15) is 31.7 Å². The molecule has 0 aliphatic rings. The molecule has 0 rings (SSSR count). The monoisotopic (exact) mass is 600 g/mol. The summed E-state index contributed by atoms with van der Waals surface area (Å²) in [5.74, 6) is -1.04. The van der Waals surface area contributed by atoms with Crippen LogP contribution in [0.2, 0.25) is 0 Å². The Hall–Kier alpha value is -0.140. The van der Waals surface area contributed by atoms with Gasteiger partial charge in [-0.05, 0) is 12.8 Å². The predicted molar refractivity (Wildman–Crippen MR) is 138 cm³/mol. The molecule has 2 atom stereocenters. The van der Waals surface area contributed by atoms with Crippen molar-refractivity contribution in [2.24, 2.45) is 17.4 Å². The van der Waals surface area contributed by atoms with Gasteiger partial charge in [0.05, 0.1) is 12.2 Å². The third-order valence-electron chi connectivity index (χ3n) is 3.25. The molecule has 0 bridgehead atoms. The van der Waals surface area contributed by atoms with Gasteiger partial charge < -0.3 is 27.2 Å². The maximum Gasteiger partial charge on any atom is 1.00 e. The van der Waals surface area contributed by atoms with Crippen molar-refractivity contribution in [2.45, 2.75) is 66.3 Å². The van der Waals surface area contributed by atoms with Gasteiger partial charge in [0.15, 0.2) is 0 Å². The SMILES string of the molecule is CC(N)CC(=O)O.CCC(C)CNS(=O)(=O)CCN.CCCC.CO.O=[N+]([O-])CCS(=O)(=O)Cl.[Na+].[OH-]. The van der Waals surface area contributed by atoms with Crippen molar-refractivity contribution >= 4 is 35.7 Å². The zero-order valence-corrected chi connectivity index (χ0v) is 26.9. The summed E-state index contributed by atoms with van der Waals surface area (Å²) in [6.07, 6.45) is 3.67. The van der Waals surface area contributed by atoms with E-state index in [2.05, 4.69) is 29.3 Å². The molecule has 2 unspecified atom stereocenters. The van der Waals surface area contributed by atoms with Gasteiger partial charge in [0.25, 0.3) is 0 Å². The van der Waals surface area contributed by atoms with Crippen LogP contribution in [-0.4, -0.2) is 87.7 Å². The van der Waals surface area contributed by atoms with Crippen molar-refractivity contribution in [1.29, 1.82) is 0 Å². The van der Waals surface area contributed by atoms with Gasteiger partial charge in [-0.3, -0.25) is 14.9 Å². The van der Waals surface area contributed by atoms with E-state index >= 15 is 0 Å². The number of halogens is 1.